The fourth-order valence-corrected chi connectivity index (χ4v) is 9.51. The van der Waals surface area contributed by atoms with Crippen LogP contribution in [0.5, 0.6) is 0 Å². The molecule has 0 aliphatic rings. The molecule has 4 heteroatoms. The molecule has 0 spiro atoms. The number of benzene rings is 4. The summed E-state index contributed by atoms with van der Waals surface area (Å²) in [5, 5.41) is 0. The monoisotopic (exact) mass is 666 g/mol. The van der Waals surface area contributed by atoms with E-state index in [4.69, 9.17) is 0 Å². The summed E-state index contributed by atoms with van der Waals surface area (Å²) in [6.07, 6.45) is 0. The van der Waals surface area contributed by atoms with Gasteiger partial charge in [-0.05, 0) is 0 Å². The average molecular weight is 664 g/mol. The van der Waals surface area contributed by atoms with Crippen molar-refractivity contribution in [1.82, 2.24) is 0 Å². The van der Waals surface area contributed by atoms with Crippen molar-refractivity contribution in [2.75, 3.05) is 0 Å². The van der Waals surface area contributed by atoms with E-state index in [9.17, 15) is 0 Å². The molecule has 0 saturated heterocycles. The molecule has 0 nitrogen and oxygen atoms in total. The zero-order valence-corrected chi connectivity index (χ0v) is 28.3. The summed E-state index contributed by atoms with van der Waals surface area (Å²) in [5.41, 5.74) is 0. The molecular weight excluding hydrogens is 630 g/mol. The van der Waals surface area contributed by atoms with Crippen LogP contribution in [-0.4, -0.2) is 58.9 Å². The van der Waals surface area contributed by atoms with Crippen molar-refractivity contribution in [2.24, 2.45) is 0 Å². The molecule has 0 fully saturated rings. The second-order valence-corrected chi connectivity index (χ2v) is 27.2. The molecule has 0 aromatic heterocycles. The van der Waals surface area contributed by atoms with Gasteiger partial charge >= 0.3 is 178 Å². The van der Waals surface area contributed by atoms with Crippen LogP contribution in [0.15, 0.2) is 121 Å². The average Bonchev–Trinajstić information content (AvgIpc) is 2.83. The van der Waals surface area contributed by atoms with E-state index < -0.39 is 42.3 Å². The Hall–Kier alpha value is -1.09. The molecule has 0 amide bonds. The fraction of sp³-hybridized carbons (Fsp3) is 0.143. The van der Waals surface area contributed by atoms with E-state index in [2.05, 4.69) is 148 Å². The number of hydrogen-bond donors (Lipinski definition) is 0. The van der Waals surface area contributed by atoms with E-state index in [1.165, 1.54) is 0 Å². The number of hydrogen-bond acceptors (Lipinski definition) is 0. The van der Waals surface area contributed by atoms with Crippen LogP contribution in [0.3, 0.4) is 0 Å². The summed E-state index contributed by atoms with van der Waals surface area (Å²) >= 11 is -1.40. The van der Waals surface area contributed by atoms with Crippen molar-refractivity contribution >= 4 is 73.2 Å². The molecule has 162 valence electrons. The van der Waals surface area contributed by atoms with Gasteiger partial charge in [0.25, 0.3) is 0 Å². The van der Waals surface area contributed by atoms with E-state index in [0.29, 0.717) is 0 Å². The molecule has 4 radical (unpaired) electrons. The van der Waals surface area contributed by atoms with Gasteiger partial charge in [-0.25, -0.2) is 0 Å². The molecule has 32 heavy (non-hydrogen) atoms. The maximum atomic E-state index is 2.39. The van der Waals surface area contributed by atoms with Crippen molar-refractivity contribution in [2.45, 2.75) is 26.2 Å². The zero-order chi connectivity index (χ0) is 23.0. The molecule has 0 N–H and O–H groups in total. The third-order valence-electron chi connectivity index (χ3n) is 4.86. The quantitative estimate of drug-likeness (QED) is 0.286. The molecule has 0 heterocycles. The van der Waals surface area contributed by atoms with E-state index in [0.717, 1.165) is 0 Å². The van der Waals surface area contributed by atoms with Crippen molar-refractivity contribution in [3.05, 3.63) is 121 Å². The van der Waals surface area contributed by atoms with Gasteiger partial charge in [0, 0.05) is 16.6 Å². The Morgan fingerprint density at radius 2 is 0.531 bits per heavy atom. The van der Waals surface area contributed by atoms with Crippen molar-refractivity contribution in [3.63, 3.8) is 0 Å². The van der Waals surface area contributed by atoms with Crippen LogP contribution in [-0.2, 0) is 0 Å². The molecular formula is C28H34Si2Sn2. The van der Waals surface area contributed by atoms with Crippen molar-refractivity contribution < 1.29 is 0 Å². The summed E-state index contributed by atoms with van der Waals surface area (Å²) in [7, 11) is 0.300. The van der Waals surface area contributed by atoms with Gasteiger partial charge in [-0.1, -0.05) is 26.2 Å². The molecule has 4 rings (SSSR count). The van der Waals surface area contributed by atoms with Crippen LogP contribution < -0.4 is 14.3 Å². The van der Waals surface area contributed by atoms with Crippen LogP contribution in [0.4, 0.5) is 0 Å². The Kier molecular flexibility index (Phi) is 14.0. The van der Waals surface area contributed by atoms with Crippen molar-refractivity contribution in [1.29, 1.82) is 0 Å². The first-order chi connectivity index (χ1) is 15.5. The summed E-state index contributed by atoms with van der Waals surface area (Å²) in [5.74, 6) is 0. The predicted octanol–water partition coefficient (Wildman–Crippen LogP) is 3.72. The van der Waals surface area contributed by atoms with E-state index in [1.54, 1.807) is 14.3 Å². The summed E-state index contributed by atoms with van der Waals surface area (Å²) in [6, 6.07) is 43.3. The van der Waals surface area contributed by atoms with Crippen LogP contribution in [0, 0.1) is 0 Å². The Labute approximate surface area is 219 Å². The molecule has 0 atom stereocenters. The first kappa shape index (κ1) is 27.2. The zero-order valence-electron chi connectivity index (χ0n) is 19.7. The van der Waals surface area contributed by atoms with Gasteiger partial charge in [0.15, 0.2) is 0 Å². The minimum atomic E-state index is -0.699. The molecule has 4 aromatic rings. The van der Waals surface area contributed by atoms with Crippen LogP contribution in [0.25, 0.3) is 0 Å². The van der Waals surface area contributed by atoms with Gasteiger partial charge in [-0.2, -0.15) is 0 Å². The molecule has 0 saturated carbocycles. The van der Waals surface area contributed by atoms with Gasteiger partial charge in [0.2, 0.25) is 0 Å². The van der Waals surface area contributed by atoms with Gasteiger partial charge in [-0.3, -0.25) is 0 Å². The van der Waals surface area contributed by atoms with Crippen LogP contribution in [0.1, 0.15) is 0 Å². The summed E-state index contributed by atoms with van der Waals surface area (Å²) in [4.78, 5) is 0. The van der Waals surface area contributed by atoms with E-state index >= 15 is 0 Å². The first-order valence-corrected chi connectivity index (χ1v) is 23.6. The minimum absolute atomic E-state index is 0.150. The Morgan fingerprint density at radius 1 is 0.344 bits per heavy atom. The van der Waals surface area contributed by atoms with E-state index in [1.807, 2.05) is 0 Å². The third-order valence-corrected chi connectivity index (χ3v) is 21.1. The Morgan fingerprint density at radius 3 is 0.688 bits per heavy atom. The third kappa shape index (κ3) is 12.2. The normalized spacial score (nSPS) is 10.1. The standard InChI is InChI=1S/4C6H5.C4H12Si2.2Sn.2H/c4*1-2-4-6-5-3-1;1-5(2)6(3)4;;;;/h4*1-5H;1-4H3;;;;. The first-order valence-electron chi connectivity index (χ1n) is 11.0. The maximum absolute atomic E-state index is 2.39. The summed E-state index contributed by atoms with van der Waals surface area (Å²) < 4.78 is 6.24. The SMILES string of the molecule is C[Si](C)[Si](C)C.c1cc[c]([SnH][c]2ccccc2)cc1.c1cc[c]([SnH][c]2ccccc2)cc1. The molecule has 0 aliphatic carbocycles. The second kappa shape index (κ2) is 16.5. The van der Waals surface area contributed by atoms with Gasteiger partial charge in [0.1, 0.15) is 0 Å². The Balaban J connectivity index is 0.000000183. The van der Waals surface area contributed by atoms with E-state index in [-0.39, 0.29) is 16.6 Å². The van der Waals surface area contributed by atoms with Crippen LogP contribution in [0.2, 0.25) is 26.2 Å². The molecule has 0 bridgehead atoms. The van der Waals surface area contributed by atoms with Crippen LogP contribution >= 0.6 is 0 Å². The molecule has 4 aromatic carbocycles. The fourth-order valence-electron chi connectivity index (χ4n) is 2.58. The van der Waals surface area contributed by atoms with Gasteiger partial charge in [0.05, 0.1) is 0 Å². The Bertz CT molecular complexity index is 803. The van der Waals surface area contributed by atoms with Gasteiger partial charge in [-0.15, -0.1) is 0 Å². The topological polar surface area (TPSA) is 0 Å². The number of rotatable bonds is 5. The second-order valence-electron chi connectivity index (χ2n) is 7.93. The predicted molar refractivity (Wildman–Crippen MR) is 154 cm³/mol. The molecule has 0 unspecified atom stereocenters. The summed E-state index contributed by atoms with van der Waals surface area (Å²) in [6.45, 7) is 9.55. The van der Waals surface area contributed by atoms with Gasteiger partial charge < -0.3 is 0 Å². The van der Waals surface area contributed by atoms with Crippen molar-refractivity contribution in [3.8, 4) is 0 Å². The molecule has 0 aliphatic heterocycles.